The van der Waals surface area contributed by atoms with E-state index in [0.717, 1.165) is 19.6 Å². The fourth-order valence-corrected chi connectivity index (χ4v) is 2.63. The first-order valence-electron chi connectivity index (χ1n) is 8.94. The molecule has 0 aliphatic rings. The first-order chi connectivity index (χ1) is 12.2. The molecular weight excluding hydrogens is 403 g/mol. The van der Waals surface area contributed by atoms with Crippen LogP contribution in [0.1, 0.15) is 71.1 Å². The summed E-state index contributed by atoms with van der Waals surface area (Å²) in [5.74, 6) is -3.50. The van der Waals surface area contributed by atoms with Crippen molar-refractivity contribution in [3.8, 4) is 0 Å². The molecule has 0 bridgehead atoms. The number of carboxylic acids is 2. The number of carbonyl (C=O) groups is 2. The molecule has 0 aromatic rings. The molecule has 156 valence electrons. The van der Waals surface area contributed by atoms with Crippen LogP contribution in [0, 0.1) is 6.92 Å². The largest absolute Gasteiger partial charge is 1.00 e. The molecule has 0 rings (SSSR count). The van der Waals surface area contributed by atoms with Crippen LogP contribution >= 0.6 is 0 Å². The summed E-state index contributed by atoms with van der Waals surface area (Å²) in [6, 6.07) is 0. The van der Waals surface area contributed by atoms with Crippen LogP contribution in [0.15, 0.2) is 0 Å². The minimum Gasteiger partial charge on any atom is -0.481 e. The van der Waals surface area contributed by atoms with Gasteiger partial charge in [0.05, 0.1) is 6.42 Å². The molecule has 1 unspecified atom stereocenters. The normalized spacial score (nSPS) is 11.7. The third-order valence-corrected chi connectivity index (χ3v) is 4.51. The first-order valence-corrected chi connectivity index (χ1v) is 10.4. The van der Waals surface area contributed by atoms with Crippen molar-refractivity contribution in [3.63, 3.8) is 0 Å². The van der Waals surface area contributed by atoms with E-state index in [-0.39, 0.29) is 51.4 Å². The summed E-state index contributed by atoms with van der Waals surface area (Å²) in [6.45, 7) is 7.77. The Hall–Kier alpha value is 0.446. The number of unbranched alkanes of at least 4 members (excludes halogenated alkanes) is 7. The van der Waals surface area contributed by atoms with Crippen molar-refractivity contribution in [3.05, 3.63) is 6.92 Å². The maximum absolute atomic E-state index is 10.2. The predicted octanol–water partition coefficient (Wildman–Crippen LogP) is 0.174. The van der Waals surface area contributed by atoms with E-state index in [0.29, 0.717) is 0 Å². The average Bonchev–Trinajstić information content (AvgIpc) is 2.53. The number of ether oxygens (including phenoxy) is 1. The summed E-state index contributed by atoms with van der Waals surface area (Å²) in [5.41, 5.74) is 0. The Labute approximate surface area is 205 Å². The molecule has 0 amide bonds. The summed E-state index contributed by atoms with van der Waals surface area (Å²) < 4.78 is 34.0. The molecule has 0 aromatic carbocycles. The molecule has 0 aromatic heterocycles. The van der Waals surface area contributed by atoms with Crippen LogP contribution in [0.3, 0.4) is 0 Å². The third-order valence-electron chi connectivity index (χ3n) is 3.43. The van der Waals surface area contributed by atoms with E-state index in [9.17, 15) is 18.0 Å². The van der Waals surface area contributed by atoms with Crippen LogP contribution in [-0.4, -0.2) is 53.6 Å². The molecule has 0 aliphatic heterocycles. The van der Waals surface area contributed by atoms with Crippen molar-refractivity contribution in [1.29, 1.82) is 0 Å². The van der Waals surface area contributed by atoms with Gasteiger partial charge in [-0.05, 0) is 6.42 Å². The SMILES string of the molecule is O=C(O)CC(C(=O)O)S(=O)(=O)O.[CH2-]CCOCCCCCCCCCC.[K+]. The fraction of sp³-hybridized carbons (Fsp3) is 0.824. The van der Waals surface area contributed by atoms with Gasteiger partial charge in [0.15, 0.2) is 5.25 Å². The van der Waals surface area contributed by atoms with E-state index in [4.69, 9.17) is 19.5 Å². The van der Waals surface area contributed by atoms with E-state index in [1.165, 1.54) is 51.4 Å². The minimum atomic E-state index is -4.84. The van der Waals surface area contributed by atoms with Crippen LogP contribution in [0.5, 0.6) is 0 Å². The van der Waals surface area contributed by atoms with Crippen LogP contribution < -0.4 is 51.4 Å². The van der Waals surface area contributed by atoms with Gasteiger partial charge in [-0.1, -0.05) is 51.9 Å². The van der Waals surface area contributed by atoms with Crippen LogP contribution in [-0.2, 0) is 24.4 Å². The molecule has 3 N–H and O–H groups in total. The summed E-state index contributed by atoms with van der Waals surface area (Å²) in [6.07, 6.45) is 10.7. The van der Waals surface area contributed by atoms with Gasteiger partial charge >= 0.3 is 63.3 Å². The van der Waals surface area contributed by atoms with E-state index in [2.05, 4.69) is 13.8 Å². The molecule has 1 atom stereocenters. The van der Waals surface area contributed by atoms with Gasteiger partial charge in [0.25, 0.3) is 10.1 Å². The number of hydrogen-bond donors (Lipinski definition) is 3. The molecule has 27 heavy (non-hydrogen) atoms. The maximum atomic E-state index is 10.2. The van der Waals surface area contributed by atoms with Crippen LogP contribution in [0.25, 0.3) is 0 Å². The number of aliphatic carboxylic acids is 2. The monoisotopic (exact) mass is 436 g/mol. The Morgan fingerprint density at radius 2 is 1.44 bits per heavy atom. The Bertz CT molecular complexity index is 456. The molecule has 0 spiro atoms. The van der Waals surface area contributed by atoms with E-state index in [1.54, 1.807) is 0 Å². The molecule has 10 heteroatoms. The predicted molar refractivity (Wildman–Crippen MR) is 98.6 cm³/mol. The second kappa shape index (κ2) is 21.2. The standard InChI is InChI=1S/C13H27O.C4H6O7S.K/c1-3-5-6-7-8-9-10-11-13-14-12-4-2;5-3(6)1-2(4(7)8)12(9,10)11;/h2-13H2,1H3;2H,1H2,(H,5,6)(H,7,8)(H,9,10,11);/q-1;;+1. The zero-order valence-electron chi connectivity index (χ0n) is 16.6. The fourth-order valence-electron chi connectivity index (χ4n) is 2.02. The van der Waals surface area contributed by atoms with E-state index >= 15 is 0 Å². The van der Waals surface area contributed by atoms with Gasteiger partial charge in [0.2, 0.25) is 0 Å². The second-order valence-electron chi connectivity index (χ2n) is 5.88. The van der Waals surface area contributed by atoms with Gasteiger partial charge in [-0.25, -0.2) is 0 Å². The Kier molecular flexibility index (Phi) is 25.2. The van der Waals surface area contributed by atoms with Crippen molar-refractivity contribution < 1.29 is 88.9 Å². The van der Waals surface area contributed by atoms with E-state index in [1.807, 2.05) is 0 Å². The summed E-state index contributed by atoms with van der Waals surface area (Å²) >= 11 is 0. The smallest absolute Gasteiger partial charge is 0.481 e. The molecular formula is C17H33KO8S. The number of carboxylic acid groups (broad SMARTS) is 2. The van der Waals surface area contributed by atoms with Crippen LogP contribution in [0.4, 0.5) is 0 Å². The van der Waals surface area contributed by atoms with Crippen molar-refractivity contribution in [2.45, 2.75) is 76.4 Å². The van der Waals surface area contributed by atoms with Crippen molar-refractivity contribution >= 4 is 22.1 Å². The molecule has 0 radical (unpaired) electrons. The van der Waals surface area contributed by atoms with Crippen molar-refractivity contribution in [1.82, 2.24) is 0 Å². The third kappa shape index (κ3) is 24.4. The second-order valence-corrected chi connectivity index (χ2v) is 7.48. The Balaban J connectivity index is -0.000000416. The van der Waals surface area contributed by atoms with Crippen molar-refractivity contribution in [2.75, 3.05) is 13.2 Å². The van der Waals surface area contributed by atoms with Gasteiger partial charge in [0.1, 0.15) is 0 Å². The molecule has 0 saturated carbocycles. The zero-order valence-corrected chi connectivity index (χ0v) is 20.5. The van der Waals surface area contributed by atoms with Crippen LogP contribution in [0.2, 0.25) is 0 Å². The quantitative estimate of drug-likeness (QED) is 0.143. The Morgan fingerprint density at radius 3 is 1.78 bits per heavy atom. The molecule has 0 aliphatic carbocycles. The molecule has 8 nitrogen and oxygen atoms in total. The molecule has 0 heterocycles. The van der Waals surface area contributed by atoms with Gasteiger partial charge in [-0.2, -0.15) is 14.8 Å². The maximum Gasteiger partial charge on any atom is 1.00 e. The van der Waals surface area contributed by atoms with Gasteiger partial charge in [-0.15, -0.1) is 0 Å². The molecule has 0 fully saturated rings. The van der Waals surface area contributed by atoms with Gasteiger partial charge in [0, 0.05) is 13.2 Å². The minimum absolute atomic E-state index is 0. The Morgan fingerprint density at radius 1 is 0.963 bits per heavy atom. The number of rotatable bonds is 15. The van der Waals surface area contributed by atoms with Gasteiger partial charge < -0.3 is 21.9 Å². The number of hydrogen-bond acceptors (Lipinski definition) is 5. The topological polar surface area (TPSA) is 138 Å². The van der Waals surface area contributed by atoms with Gasteiger partial charge in [-0.3, -0.25) is 14.1 Å². The van der Waals surface area contributed by atoms with E-state index < -0.39 is 33.7 Å². The summed E-state index contributed by atoms with van der Waals surface area (Å²) in [5, 5.41) is 13.9. The molecule has 0 saturated heterocycles. The van der Waals surface area contributed by atoms with Crippen molar-refractivity contribution in [2.24, 2.45) is 0 Å². The average molecular weight is 437 g/mol. The zero-order chi connectivity index (χ0) is 20.4. The summed E-state index contributed by atoms with van der Waals surface area (Å²) in [7, 11) is -4.84. The first kappa shape index (κ1) is 32.1. The summed E-state index contributed by atoms with van der Waals surface area (Å²) in [4.78, 5) is 20.0.